The molecular weight excluding hydrogens is 172 g/mol. The standard InChI is InChI=1S/C13H16O/c1-6-5-12(2)9-7-4-8(7)10(12)13(6,3)11(9)14/h5,7-10H,4H2,1-3H3. The highest BCUT2D eigenvalue weighted by Gasteiger charge is 2.80. The molecule has 0 spiro atoms. The Bertz CT molecular complexity index is 407. The summed E-state index contributed by atoms with van der Waals surface area (Å²) in [6, 6.07) is 0. The van der Waals surface area contributed by atoms with E-state index in [1.165, 1.54) is 12.0 Å². The van der Waals surface area contributed by atoms with E-state index in [1.54, 1.807) is 0 Å². The third-order valence-corrected chi connectivity index (χ3v) is 5.85. The van der Waals surface area contributed by atoms with Crippen LogP contribution in [-0.2, 0) is 4.79 Å². The van der Waals surface area contributed by atoms with Crippen LogP contribution in [0.4, 0.5) is 0 Å². The number of carbonyl (C=O) groups is 1. The Kier molecular flexibility index (Phi) is 0.897. The van der Waals surface area contributed by atoms with Gasteiger partial charge in [-0.3, -0.25) is 4.79 Å². The van der Waals surface area contributed by atoms with Crippen molar-refractivity contribution in [3.63, 3.8) is 0 Å². The number of rotatable bonds is 0. The zero-order chi connectivity index (χ0) is 9.88. The van der Waals surface area contributed by atoms with Gasteiger partial charge in [-0.2, -0.15) is 0 Å². The summed E-state index contributed by atoms with van der Waals surface area (Å²) in [5.74, 6) is 3.30. The molecule has 4 aliphatic carbocycles. The average molecular weight is 188 g/mol. The molecule has 0 aromatic carbocycles. The molecule has 0 amide bonds. The number of allylic oxidation sites excluding steroid dienone is 2. The highest BCUT2D eigenvalue weighted by molar-refractivity contribution is 5.97. The maximum absolute atomic E-state index is 12.4. The van der Waals surface area contributed by atoms with Crippen LogP contribution >= 0.6 is 0 Å². The molecule has 3 fully saturated rings. The van der Waals surface area contributed by atoms with Crippen molar-refractivity contribution >= 4 is 5.78 Å². The topological polar surface area (TPSA) is 17.1 Å². The molecule has 0 aromatic rings. The molecule has 0 radical (unpaired) electrons. The number of Topliss-reactive ketones (excluding diaryl/α,β-unsaturated/α-hetero) is 1. The lowest BCUT2D eigenvalue weighted by Gasteiger charge is -2.31. The Balaban J connectivity index is 2.04. The van der Waals surface area contributed by atoms with E-state index >= 15 is 0 Å². The summed E-state index contributed by atoms with van der Waals surface area (Å²) >= 11 is 0. The molecule has 4 aliphatic rings. The maximum atomic E-state index is 12.4. The summed E-state index contributed by atoms with van der Waals surface area (Å²) in [7, 11) is 0. The predicted octanol–water partition coefficient (Wildman–Crippen LogP) is 2.42. The van der Waals surface area contributed by atoms with E-state index in [9.17, 15) is 4.79 Å². The quantitative estimate of drug-likeness (QED) is 0.533. The molecule has 6 atom stereocenters. The van der Waals surface area contributed by atoms with E-state index in [4.69, 9.17) is 0 Å². The summed E-state index contributed by atoms with van der Waals surface area (Å²) in [4.78, 5) is 12.4. The third kappa shape index (κ3) is 0.450. The van der Waals surface area contributed by atoms with Crippen molar-refractivity contribution in [3.05, 3.63) is 11.6 Å². The van der Waals surface area contributed by atoms with Crippen LogP contribution in [0.2, 0.25) is 0 Å². The van der Waals surface area contributed by atoms with E-state index < -0.39 is 0 Å². The highest BCUT2D eigenvalue weighted by Crippen LogP contribution is 2.81. The summed E-state index contributed by atoms with van der Waals surface area (Å²) < 4.78 is 0. The molecule has 14 heavy (non-hydrogen) atoms. The fourth-order valence-electron chi connectivity index (χ4n) is 5.36. The van der Waals surface area contributed by atoms with Gasteiger partial charge in [0.2, 0.25) is 0 Å². The Hall–Kier alpha value is -0.590. The Morgan fingerprint density at radius 2 is 2.07 bits per heavy atom. The minimum Gasteiger partial charge on any atom is -0.298 e. The average Bonchev–Trinajstić information content (AvgIpc) is 2.70. The molecular formula is C13H16O. The van der Waals surface area contributed by atoms with Crippen LogP contribution < -0.4 is 0 Å². The molecule has 3 saturated carbocycles. The molecule has 0 saturated heterocycles. The second-order valence-electron chi connectivity index (χ2n) is 6.28. The van der Waals surface area contributed by atoms with E-state index in [0.717, 1.165) is 11.8 Å². The smallest absolute Gasteiger partial charge is 0.147 e. The molecule has 4 rings (SSSR count). The SMILES string of the molecule is CC1=CC2(C)C3C(=O)C1(C)C2C1CC13. The van der Waals surface area contributed by atoms with Crippen molar-refractivity contribution in [2.75, 3.05) is 0 Å². The van der Waals surface area contributed by atoms with Crippen molar-refractivity contribution in [2.24, 2.45) is 34.5 Å². The number of carbonyl (C=O) groups excluding carboxylic acids is 1. The lowest BCUT2D eigenvalue weighted by molar-refractivity contribution is -0.130. The normalized spacial score (nSPS) is 67.1. The first-order valence-corrected chi connectivity index (χ1v) is 5.75. The van der Waals surface area contributed by atoms with Crippen LogP contribution in [0, 0.1) is 34.5 Å². The van der Waals surface area contributed by atoms with Gasteiger partial charge < -0.3 is 0 Å². The minimum absolute atomic E-state index is 0.0584. The van der Waals surface area contributed by atoms with E-state index in [-0.39, 0.29) is 10.8 Å². The zero-order valence-corrected chi connectivity index (χ0v) is 9.00. The van der Waals surface area contributed by atoms with Crippen molar-refractivity contribution in [2.45, 2.75) is 27.2 Å². The van der Waals surface area contributed by atoms with Crippen molar-refractivity contribution < 1.29 is 4.79 Å². The summed E-state index contributed by atoms with van der Waals surface area (Å²) in [5, 5.41) is 0. The molecule has 0 aromatic heterocycles. The molecule has 0 aliphatic heterocycles. The van der Waals surface area contributed by atoms with E-state index in [2.05, 4.69) is 26.8 Å². The van der Waals surface area contributed by atoms with Gasteiger partial charge in [0.15, 0.2) is 0 Å². The van der Waals surface area contributed by atoms with Gasteiger partial charge in [0, 0.05) is 11.3 Å². The predicted molar refractivity (Wildman–Crippen MR) is 53.6 cm³/mol. The van der Waals surface area contributed by atoms with Gasteiger partial charge in [-0.05, 0) is 38.0 Å². The van der Waals surface area contributed by atoms with Gasteiger partial charge in [0.05, 0.1) is 5.41 Å². The van der Waals surface area contributed by atoms with Crippen LogP contribution in [0.25, 0.3) is 0 Å². The lowest BCUT2D eigenvalue weighted by Crippen LogP contribution is -2.36. The molecule has 4 bridgehead atoms. The number of hydrogen-bond donors (Lipinski definition) is 0. The van der Waals surface area contributed by atoms with Gasteiger partial charge in [0.25, 0.3) is 0 Å². The maximum Gasteiger partial charge on any atom is 0.147 e. The molecule has 1 nitrogen and oxygen atoms in total. The monoisotopic (exact) mass is 188 g/mol. The largest absolute Gasteiger partial charge is 0.298 e. The molecule has 0 N–H and O–H groups in total. The van der Waals surface area contributed by atoms with Gasteiger partial charge in [-0.25, -0.2) is 0 Å². The first-order valence-electron chi connectivity index (χ1n) is 5.75. The number of hydrogen-bond acceptors (Lipinski definition) is 1. The van der Waals surface area contributed by atoms with Crippen molar-refractivity contribution in [1.29, 1.82) is 0 Å². The number of fused-ring (bicyclic) bond motifs is 2. The molecule has 1 heteroatoms. The van der Waals surface area contributed by atoms with Crippen molar-refractivity contribution in [3.8, 4) is 0 Å². The molecule has 6 unspecified atom stereocenters. The Morgan fingerprint density at radius 1 is 1.36 bits per heavy atom. The fraction of sp³-hybridized carbons (Fsp3) is 0.769. The first-order chi connectivity index (χ1) is 6.51. The molecule has 0 heterocycles. The summed E-state index contributed by atoms with van der Waals surface area (Å²) in [5.41, 5.74) is 1.55. The van der Waals surface area contributed by atoms with Crippen LogP contribution in [0.15, 0.2) is 11.6 Å². The summed E-state index contributed by atoms with van der Waals surface area (Å²) in [6.45, 7) is 6.69. The zero-order valence-electron chi connectivity index (χ0n) is 9.00. The first kappa shape index (κ1) is 7.67. The van der Waals surface area contributed by atoms with E-state index in [1.807, 2.05) is 0 Å². The van der Waals surface area contributed by atoms with Crippen LogP contribution in [-0.4, -0.2) is 5.78 Å². The third-order valence-electron chi connectivity index (χ3n) is 5.85. The van der Waals surface area contributed by atoms with E-state index in [0.29, 0.717) is 17.6 Å². The van der Waals surface area contributed by atoms with Gasteiger partial charge in [-0.15, -0.1) is 0 Å². The van der Waals surface area contributed by atoms with Crippen molar-refractivity contribution in [1.82, 2.24) is 0 Å². The highest BCUT2D eigenvalue weighted by atomic mass is 16.1. The Labute approximate surface area is 84.6 Å². The van der Waals surface area contributed by atoms with Crippen LogP contribution in [0.3, 0.4) is 0 Å². The molecule has 74 valence electrons. The van der Waals surface area contributed by atoms with Gasteiger partial charge in [0.1, 0.15) is 5.78 Å². The van der Waals surface area contributed by atoms with Gasteiger partial charge in [-0.1, -0.05) is 18.6 Å². The Morgan fingerprint density at radius 3 is 2.71 bits per heavy atom. The van der Waals surface area contributed by atoms with Crippen LogP contribution in [0.5, 0.6) is 0 Å². The second kappa shape index (κ2) is 1.64. The summed E-state index contributed by atoms with van der Waals surface area (Å²) in [6.07, 6.45) is 3.77. The second-order valence-corrected chi connectivity index (χ2v) is 6.28. The lowest BCUT2D eigenvalue weighted by atomic mass is 9.70. The number of ketones is 1. The van der Waals surface area contributed by atoms with Crippen LogP contribution in [0.1, 0.15) is 27.2 Å². The fourth-order valence-corrected chi connectivity index (χ4v) is 5.36. The van der Waals surface area contributed by atoms with Gasteiger partial charge >= 0.3 is 0 Å². The minimum atomic E-state index is -0.0584.